The number of carbonyl (C=O) groups is 1. The van der Waals surface area contributed by atoms with Gasteiger partial charge >= 0.3 is 5.97 Å². The minimum Gasteiger partial charge on any atom is -0.481 e. The van der Waals surface area contributed by atoms with E-state index in [4.69, 9.17) is 5.11 Å². The van der Waals surface area contributed by atoms with E-state index < -0.39 is 12.1 Å². The van der Waals surface area contributed by atoms with Crippen LogP contribution in [0.25, 0.3) is 0 Å². The van der Waals surface area contributed by atoms with Crippen molar-refractivity contribution in [3.63, 3.8) is 0 Å². The van der Waals surface area contributed by atoms with Gasteiger partial charge in [0.1, 0.15) is 0 Å². The van der Waals surface area contributed by atoms with Crippen LogP contribution < -0.4 is 0 Å². The maximum absolute atomic E-state index is 10.6. The molecule has 2 N–H and O–H groups in total. The summed E-state index contributed by atoms with van der Waals surface area (Å²) < 4.78 is 0. The van der Waals surface area contributed by atoms with Crippen molar-refractivity contribution in [1.82, 2.24) is 0 Å². The maximum Gasteiger partial charge on any atom is 0.307 e. The molecular weight excluding hydrogens is 204 g/mol. The van der Waals surface area contributed by atoms with Crippen molar-refractivity contribution in [3.05, 3.63) is 35.4 Å². The molecule has 1 rings (SSSR count). The van der Waals surface area contributed by atoms with E-state index in [-0.39, 0.29) is 11.8 Å². The Morgan fingerprint density at radius 2 is 2.00 bits per heavy atom. The van der Waals surface area contributed by atoms with Crippen molar-refractivity contribution < 1.29 is 15.0 Å². The Balaban J connectivity index is 2.94. The number of aliphatic hydroxyl groups excluding tert-OH is 1. The Bertz CT molecular complexity index is 377. The zero-order chi connectivity index (χ0) is 12.3. The minimum atomic E-state index is -0.859. The van der Waals surface area contributed by atoms with E-state index in [0.29, 0.717) is 5.56 Å². The number of carboxylic acid groups (broad SMARTS) is 1. The lowest BCUT2D eigenvalue weighted by molar-refractivity contribution is -0.136. The Kier molecular flexibility index (Phi) is 3.70. The summed E-state index contributed by atoms with van der Waals surface area (Å²) in [5.74, 6) is -0.859. The van der Waals surface area contributed by atoms with E-state index in [1.165, 1.54) is 0 Å². The third-order valence-electron chi connectivity index (χ3n) is 2.44. The second-order valence-corrected chi connectivity index (χ2v) is 5.08. The second-order valence-electron chi connectivity index (χ2n) is 5.08. The Morgan fingerprint density at radius 3 is 2.50 bits per heavy atom. The molecule has 0 bridgehead atoms. The van der Waals surface area contributed by atoms with Crippen molar-refractivity contribution in [1.29, 1.82) is 0 Å². The Labute approximate surface area is 95.7 Å². The Hall–Kier alpha value is -1.35. The molecule has 88 valence electrons. The summed E-state index contributed by atoms with van der Waals surface area (Å²) in [6.07, 6.45) is -0.591. The van der Waals surface area contributed by atoms with Crippen molar-refractivity contribution in [3.8, 4) is 0 Å². The Morgan fingerprint density at radius 1 is 1.38 bits per heavy atom. The molecule has 0 heterocycles. The maximum atomic E-state index is 10.6. The van der Waals surface area contributed by atoms with E-state index in [1.807, 2.05) is 26.8 Å². The molecule has 0 aliphatic carbocycles. The summed E-state index contributed by atoms with van der Waals surface area (Å²) in [4.78, 5) is 10.6. The minimum absolute atomic E-state index is 0.00922. The normalized spacial score (nSPS) is 13.5. The third-order valence-corrected chi connectivity index (χ3v) is 2.44. The fourth-order valence-corrected chi connectivity index (χ4v) is 1.55. The topological polar surface area (TPSA) is 57.5 Å². The van der Waals surface area contributed by atoms with Gasteiger partial charge in [-0.05, 0) is 16.5 Å². The van der Waals surface area contributed by atoms with Gasteiger partial charge in [-0.3, -0.25) is 4.79 Å². The fourth-order valence-electron chi connectivity index (χ4n) is 1.55. The molecule has 1 aromatic carbocycles. The van der Waals surface area contributed by atoms with Gasteiger partial charge in [-0.1, -0.05) is 45.0 Å². The molecule has 0 saturated heterocycles. The lowest BCUT2D eigenvalue weighted by Crippen LogP contribution is -2.18. The van der Waals surface area contributed by atoms with Gasteiger partial charge in [0.15, 0.2) is 0 Å². The molecule has 16 heavy (non-hydrogen) atoms. The monoisotopic (exact) mass is 222 g/mol. The highest BCUT2D eigenvalue weighted by molar-refractivity contribution is 5.70. The first kappa shape index (κ1) is 12.7. The van der Waals surface area contributed by atoms with Gasteiger partial charge in [0, 0.05) is 0 Å². The van der Waals surface area contributed by atoms with Gasteiger partial charge < -0.3 is 10.2 Å². The number of aliphatic carboxylic acids is 1. The molecule has 0 aliphatic rings. The number of benzene rings is 1. The molecule has 3 nitrogen and oxygen atoms in total. The van der Waals surface area contributed by atoms with Crippen LogP contribution in [0.2, 0.25) is 0 Å². The van der Waals surface area contributed by atoms with E-state index in [9.17, 15) is 9.90 Å². The standard InChI is InChI=1S/C13H18O3/c1-13(2,3)12(16)10-6-4-5-9(7-10)8-11(14)15/h4-7,12,16H,8H2,1-3H3,(H,14,15). The quantitative estimate of drug-likeness (QED) is 0.825. The van der Waals surface area contributed by atoms with Gasteiger partial charge in [0.05, 0.1) is 12.5 Å². The highest BCUT2D eigenvalue weighted by Gasteiger charge is 2.23. The largest absolute Gasteiger partial charge is 0.481 e. The number of carboxylic acids is 1. The molecule has 0 aliphatic heterocycles. The zero-order valence-corrected chi connectivity index (χ0v) is 9.90. The molecule has 0 spiro atoms. The molecule has 0 saturated carbocycles. The van der Waals surface area contributed by atoms with Crippen LogP contribution in [0.15, 0.2) is 24.3 Å². The molecule has 1 atom stereocenters. The van der Waals surface area contributed by atoms with Gasteiger partial charge in [-0.2, -0.15) is 0 Å². The highest BCUT2D eigenvalue weighted by Crippen LogP contribution is 2.32. The number of rotatable bonds is 3. The van der Waals surface area contributed by atoms with Crippen LogP contribution in [0.4, 0.5) is 0 Å². The van der Waals surface area contributed by atoms with Crippen LogP contribution in [0.1, 0.15) is 38.0 Å². The smallest absolute Gasteiger partial charge is 0.307 e. The first-order valence-corrected chi connectivity index (χ1v) is 5.29. The van der Waals surface area contributed by atoms with Gasteiger partial charge in [-0.25, -0.2) is 0 Å². The lowest BCUT2D eigenvalue weighted by Gasteiger charge is -2.26. The van der Waals surface area contributed by atoms with Crippen molar-refractivity contribution in [2.75, 3.05) is 0 Å². The highest BCUT2D eigenvalue weighted by atomic mass is 16.4. The molecule has 0 fully saturated rings. The molecule has 0 amide bonds. The van der Waals surface area contributed by atoms with Gasteiger partial charge in [0.25, 0.3) is 0 Å². The summed E-state index contributed by atoms with van der Waals surface area (Å²) in [6.45, 7) is 5.84. The zero-order valence-electron chi connectivity index (χ0n) is 9.90. The summed E-state index contributed by atoms with van der Waals surface area (Å²) >= 11 is 0. The lowest BCUT2D eigenvalue weighted by atomic mass is 9.84. The predicted octanol–water partition coefficient (Wildman–Crippen LogP) is 2.39. The van der Waals surface area contributed by atoms with Gasteiger partial charge in [-0.15, -0.1) is 0 Å². The number of aliphatic hydroxyl groups is 1. The van der Waals surface area contributed by atoms with Crippen LogP contribution in [-0.2, 0) is 11.2 Å². The van der Waals surface area contributed by atoms with Crippen LogP contribution in [0.5, 0.6) is 0 Å². The second kappa shape index (κ2) is 4.66. The van der Waals surface area contributed by atoms with Crippen LogP contribution in [0.3, 0.4) is 0 Å². The molecule has 3 heteroatoms. The first-order valence-electron chi connectivity index (χ1n) is 5.29. The van der Waals surface area contributed by atoms with E-state index in [0.717, 1.165) is 5.56 Å². The first-order chi connectivity index (χ1) is 7.30. The summed E-state index contributed by atoms with van der Waals surface area (Å²) in [5.41, 5.74) is 1.24. The van der Waals surface area contributed by atoms with E-state index >= 15 is 0 Å². The third kappa shape index (κ3) is 3.35. The summed E-state index contributed by atoms with van der Waals surface area (Å²) in [7, 11) is 0. The van der Waals surface area contributed by atoms with Crippen molar-refractivity contribution in [2.45, 2.75) is 33.3 Å². The fraction of sp³-hybridized carbons (Fsp3) is 0.462. The van der Waals surface area contributed by atoms with Gasteiger partial charge in [0.2, 0.25) is 0 Å². The summed E-state index contributed by atoms with van der Waals surface area (Å²) in [5, 5.41) is 18.8. The van der Waals surface area contributed by atoms with Crippen LogP contribution in [0, 0.1) is 5.41 Å². The molecule has 0 radical (unpaired) electrons. The number of hydrogen-bond acceptors (Lipinski definition) is 2. The average Bonchev–Trinajstić information content (AvgIpc) is 2.14. The van der Waals surface area contributed by atoms with Crippen molar-refractivity contribution in [2.24, 2.45) is 5.41 Å². The SMILES string of the molecule is CC(C)(C)C(O)c1cccc(CC(=O)O)c1. The van der Waals surface area contributed by atoms with Crippen LogP contribution in [-0.4, -0.2) is 16.2 Å². The molecule has 1 aromatic rings. The van der Waals surface area contributed by atoms with Crippen LogP contribution >= 0.6 is 0 Å². The molecular formula is C13H18O3. The number of hydrogen-bond donors (Lipinski definition) is 2. The molecule has 0 aromatic heterocycles. The van der Waals surface area contributed by atoms with E-state index in [1.54, 1.807) is 18.2 Å². The molecule has 1 unspecified atom stereocenters. The predicted molar refractivity (Wildman–Crippen MR) is 62.2 cm³/mol. The van der Waals surface area contributed by atoms with Crippen molar-refractivity contribution >= 4 is 5.97 Å². The average molecular weight is 222 g/mol. The summed E-state index contributed by atoms with van der Waals surface area (Å²) in [6, 6.07) is 7.11. The van der Waals surface area contributed by atoms with E-state index in [2.05, 4.69) is 0 Å².